The van der Waals surface area contributed by atoms with Crippen LogP contribution in [0.15, 0.2) is 36.7 Å². The van der Waals surface area contributed by atoms with Crippen LogP contribution in [-0.2, 0) is 0 Å². The van der Waals surface area contributed by atoms with Crippen molar-refractivity contribution in [2.24, 2.45) is 5.92 Å². The first-order chi connectivity index (χ1) is 12.6. The van der Waals surface area contributed by atoms with Crippen LogP contribution in [0.1, 0.15) is 34.8 Å². The molecule has 136 valence electrons. The number of amides is 1. The lowest BCUT2D eigenvalue weighted by molar-refractivity contribution is 0.0234. The number of benzene rings is 1. The predicted molar refractivity (Wildman–Crippen MR) is 92.3 cm³/mol. The summed E-state index contributed by atoms with van der Waals surface area (Å²) in [5, 5.41) is 12.8. The van der Waals surface area contributed by atoms with Crippen molar-refractivity contribution in [3.8, 4) is 17.2 Å². The van der Waals surface area contributed by atoms with Crippen LogP contribution in [0.25, 0.3) is 0 Å². The molecule has 2 aliphatic rings. The molecule has 2 N–H and O–H groups in total. The summed E-state index contributed by atoms with van der Waals surface area (Å²) in [6.07, 6.45) is 4.31. The van der Waals surface area contributed by atoms with Crippen LogP contribution in [-0.4, -0.2) is 36.0 Å². The number of aromatic nitrogens is 1. The van der Waals surface area contributed by atoms with Crippen molar-refractivity contribution in [3.63, 3.8) is 0 Å². The molecule has 1 aliphatic carbocycles. The average molecular weight is 356 g/mol. The molecule has 0 bridgehead atoms. The second-order valence-corrected chi connectivity index (χ2v) is 6.56. The quantitative estimate of drug-likeness (QED) is 0.852. The third-order valence-electron chi connectivity index (χ3n) is 4.87. The number of carbonyl (C=O) groups is 1. The highest BCUT2D eigenvalue weighted by molar-refractivity contribution is 5.95. The van der Waals surface area contributed by atoms with E-state index in [0.717, 1.165) is 5.56 Å². The standard InChI is InChI=1S/C19H20N2O5/c1-24-15-6-13(8-20-9-15)18(12-4-14(22)5-12)21-19(23)11-2-3-16-17(7-11)26-10-25-16/h2-3,6-9,12,14,18,22H,4-5,10H2,1H3,(H,21,23). The number of pyridine rings is 1. The van der Waals surface area contributed by atoms with E-state index in [2.05, 4.69) is 10.3 Å². The van der Waals surface area contributed by atoms with E-state index in [0.29, 0.717) is 35.7 Å². The van der Waals surface area contributed by atoms with Crippen molar-refractivity contribution in [1.29, 1.82) is 0 Å². The zero-order chi connectivity index (χ0) is 18.1. The first-order valence-corrected chi connectivity index (χ1v) is 8.51. The Morgan fingerprint density at radius 1 is 1.27 bits per heavy atom. The number of aliphatic hydroxyl groups is 1. The van der Waals surface area contributed by atoms with Gasteiger partial charge in [0.2, 0.25) is 6.79 Å². The van der Waals surface area contributed by atoms with Gasteiger partial charge in [0.05, 0.1) is 25.5 Å². The van der Waals surface area contributed by atoms with Crippen LogP contribution < -0.4 is 19.5 Å². The number of hydrogen-bond donors (Lipinski definition) is 2. The summed E-state index contributed by atoms with van der Waals surface area (Å²) in [4.78, 5) is 17.0. The predicted octanol–water partition coefficient (Wildman–Crippen LogP) is 2.06. The number of aliphatic hydroxyl groups excluding tert-OH is 1. The van der Waals surface area contributed by atoms with E-state index in [4.69, 9.17) is 14.2 Å². The molecule has 0 saturated heterocycles. The molecule has 7 nitrogen and oxygen atoms in total. The molecule has 1 aliphatic heterocycles. The van der Waals surface area contributed by atoms with E-state index in [-0.39, 0.29) is 30.8 Å². The molecule has 0 spiro atoms. The highest BCUT2D eigenvalue weighted by Crippen LogP contribution is 2.39. The molecule has 1 aromatic heterocycles. The summed E-state index contributed by atoms with van der Waals surface area (Å²) in [7, 11) is 1.58. The van der Waals surface area contributed by atoms with E-state index < -0.39 is 0 Å². The highest BCUT2D eigenvalue weighted by Gasteiger charge is 2.36. The van der Waals surface area contributed by atoms with Gasteiger partial charge in [0, 0.05) is 11.8 Å². The molecular formula is C19H20N2O5. The Morgan fingerprint density at radius 3 is 2.85 bits per heavy atom. The van der Waals surface area contributed by atoms with Gasteiger partial charge in [-0.2, -0.15) is 0 Å². The van der Waals surface area contributed by atoms with Gasteiger partial charge in [0.25, 0.3) is 5.91 Å². The van der Waals surface area contributed by atoms with Gasteiger partial charge in [-0.3, -0.25) is 9.78 Å². The molecule has 26 heavy (non-hydrogen) atoms. The summed E-state index contributed by atoms with van der Waals surface area (Å²) >= 11 is 0. The van der Waals surface area contributed by atoms with Gasteiger partial charge in [-0.15, -0.1) is 0 Å². The Labute approximate surface area is 150 Å². The number of rotatable bonds is 5. The topological polar surface area (TPSA) is 89.9 Å². The lowest BCUT2D eigenvalue weighted by atomic mass is 9.75. The molecule has 1 atom stereocenters. The molecule has 2 aromatic rings. The molecule has 4 rings (SSSR count). The van der Waals surface area contributed by atoms with Gasteiger partial charge >= 0.3 is 0 Å². The number of carbonyl (C=O) groups excluding carboxylic acids is 1. The molecule has 1 aromatic carbocycles. The van der Waals surface area contributed by atoms with Crippen LogP contribution in [0.5, 0.6) is 17.2 Å². The second-order valence-electron chi connectivity index (χ2n) is 6.56. The number of hydrogen-bond acceptors (Lipinski definition) is 6. The first kappa shape index (κ1) is 16.7. The monoisotopic (exact) mass is 356 g/mol. The van der Waals surface area contributed by atoms with E-state index in [1.807, 2.05) is 6.07 Å². The number of ether oxygens (including phenoxy) is 3. The Kier molecular flexibility index (Phi) is 4.38. The van der Waals surface area contributed by atoms with Gasteiger partial charge in [-0.25, -0.2) is 0 Å². The third kappa shape index (κ3) is 3.17. The van der Waals surface area contributed by atoms with Crippen molar-refractivity contribution in [3.05, 3.63) is 47.8 Å². The third-order valence-corrected chi connectivity index (χ3v) is 4.87. The molecule has 1 unspecified atom stereocenters. The number of nitrogens with one attached hydrogen (secondary N) is 1. The summed E-state index contributed by atoms with van der Waals surface area (Å²) in [5.41, 5.74) is 1.35. The average Bonchev–Trinajstić information content (AvgIpc) is 3.11. The lowest BCUT2D eigenvalue weighted by Crippen LogP contribution is -2.41. The summed E-state index contributed by atoms with van der Waals surface area (Å²) in [5.74, 6) is 1.77. The molecule has 1 saturated carbocycles. The Morgan fingerprint density at radius 2 is 2.08 bits per heavy atom. The van der Waals surface area contributed by atoms with Gasteiger partial charge in [0.15, 0.2) is 11.5 Å². The Bertz CT molecular complexity index is 819. The van der Waals surface area contributed by atoms with Crippen molar-refractivity contribution in [1.82, 2.24) is 10.3 Å². The van der Waals surface area contributed by atoms with E-state index in [9.17, 15) is 9.90 Å². The SMILES string of the molecule is COc1cncc(C(NC(=O)c2ccc3c(c2)OCO3)C2CC(O)C2)c1. The van der Waals surface area contributed by atoms with Gasteiger partial charge in [-0.1, -0.05) is 0 Å². The molecular weight excluding hydrogens is 336 g/mol. The van der Waals surface area contributed by atoms with Crippen LogP contribution in [0, 0.1) is 5.92 Å². The van der Waals surface area contributed by atoms with E-state index in [1.54, 1.807) is 37.7 Å². The van der Waals surface area contributed by atoms with Gasteiger partial charge in [-0.05, 0) is 48.6 Å². The summed E-state index contributed by atoms with van der Waals surface area (Å²) < 4.78 is 15.9. The van der Waals surface area contributed by atoms with E-state index in [1.165, 1.54) is 0 Å². The fourth-order valence-electron chi connectivity index (χ4n) is 3.36. The number of fused-ring (bicyclic) bond motifs is 1. The minimum Gasteiger partial charge on any atom is -0.495 e. The Balaban J connectivity index is 1.57. The van der Waals surface area contributed by atoms with Crippen molar-refractivity contribution in [2.45, 2.75) is 25.0 Å². The first-order valence-electron chi connectivity index (χ1n) is 8.51. The van der Waals surface area contributed by atoms with Crippen molar-refractivity contribution >= 4 is 5.91 Å². The molecule has 1 fully saturated rings. The molecule has 2 heterocycles. The molecule has 1 amide bonds. The maximum atomic E-state index is 12.8. The molecule has 0 radical (unpaired) electrons. The minimum atomic E-state index is -0.316. The number of methoxy groups -OCH3 is 1. The lowest BCUT2D eigenvalue weighted by Gasteiger charge is -2.38. The largest absolute Gasteiger partial charge is 0.495 e. The zero-order valence-electron chi connectivity index (χ0n) is 14.3. The van der Waals surface area contributed by atoms with Crippen molar-refractivity contribution in [2.75, 3.05) is 13.9 Å². The normalized spacial score (nSPS) is 21.6. The highest BCUT2D eigenvalue weighted by atomic mass is 16.7. The maximum Gasteiger partial charge on any atom is 0.251 e. The second kappa shape index (κ2) is 6.84. The smallest absolute Gasteiger partial charge is 0.251 e. The van der Waals surface area contributed by atoms with Crippen LogP contribution >= 0.6 is 0 Å². The fraction of sp³-hybridized carbons (Fsp3) is 0.368. The Hall–Kier alpha value is -2.80. The summed E-state index contributed by atoms with van der Waals surface area (Å²) in [6, 6.07) is 6.72. The zero-order valence-corrected chi connectivity index (χ0v) is 14.3. The van der Waals surface area contributed by atoms with Crippen molar-refractivity contribution < 1.29 is 24.1 Å². The van der Waals surface area contributed by atoms with E-state index >= 15 is 0 Å². The van der Waals surface area contributed by atoms with Crippen LogP contribution in [0.2, 0.25) is 0 Å². The van der Waals surface area contributed by atoms with Gasteiger partial charge in [0.1, 0.15) is 5.75 Å². The summed E-state index contributed by atoms with van der Waals surface area (Å²) in [6.45, 7) is 0.165. The fourth-order valence-corrected chi connectivity index (χ4v) is 3.36. The number of nitrogens with zero attached hydrogens (tertiary/aromatic N) is 1. The maximum absolute atomic E-state index is 12.8. The van der Waals surface area contributed by atoms with Gasteiger partial charge < -0.3 is 24.6 Å². The minimum absolute atomic E-state index is 0.150. The van der Waals surface area contributed by atoms with Crippen LogP contribution in [0.4, 0.5) is 0 Å². The van der Waals surface area contributed by atoms with Crippen LogP contribution in [0.3, 0.4) is 0 Å². The molecule has 7 heteroatoms.